The first-order valence-corrected chi connectivity index (χ1v) is 12.3. The van der Waals surface area contributed by atoms with Gasteiger partial charge in [-0.15, -0.1) is 0 Å². The Morgan fingerprint density at radius 1 is 0.784 bits per heavy atom. The number of hydrogen-bond donors (Lipinski definition) is 1. The molecule has 7 heteroatoms. The maximum Gasteiger partial charge on any atom is 0.408 e. The van der Waals surface area contributed by atoms with Crippen molar-refractivity contribution in [3.05, 3.63) is 108 Å². The topological polar surface area (TPSA) is 84.9 Å². The van der Waals surface area contributed by atoms with Crippen LogP contribution in [0.3, 0.4) is 0 Å². The highest BCUT2D eigenvalue weighted by atomic mass is 16.6. The van der Waals surface area contributed by atoms with Gasteiger partial charge in [-0.3, -0.25) is 9.59 Å². The molecule has 0 aliphatic carbocycles. The molecule has 3 aromatic carbocycles. The fourth-order valence-corrected chi connectivity index (χ4v) is 3.68. The molecule has 3 aromatic rings. The number of carbonyl (C=O) groups is 3. The molecule has 1 atom stereocenters. The summed E-state index contributed by atoms with van der Waals surface area (Å²) < 4.78 is 10.9. The zero-order chi connectivity index (χ0) is 26.7. The van der Waals surface area contributed by atoms with Crippen molar-refractivity contribution in [1.82, 2.24) is 10.2 Å². The van der Waals surface area contributed by atoms with Gasteiger partial charge in [0, 0.05) is 13.0 Å². The number of benzene rings is 3. The van der Waals surface area contributed by atoms with Crippen LogP contribution in [0.2, 0.25) is 0 Å². The Labute approximate surface area is 218 Å². The number of hydrogen-bond acceptors (Lipinski definition) is 5. The van der Waals surface area contributed by atoms with Gasteiger partial charge in [-0.2, -0.15) is 0 Å². The van der Waals surface area contributed by atoms with Gasteiger partial charge in [-0.1, -0.05) is 91.0 Å². The van der Waals surface area contributed by atoms with E-state index in [0.29, 0.717) is 0 Å². The van der Waals surface area contributed by atoms with E-state index in [1.807, 2.05) is 91.0 Å². The van der Waals surface area contributed by atoms with Gasteiger partial charge in [0.1, 0.15) is 24.8 Å². The molecule has 3 rings (SSSR count). The smallest absolute Gasteiger partial charge is 0.408 e. The summed E-state index contributed by atoms with van der Waals surface area (Å²) in [6.07, 6.45) is -0.461. The quantitative estimate of drug-likeness (QED) is 0.399. The van der Waals surface area contributed by atoms with E-state index in [2.05, 4.69) is 5.32 Å². The Balaban J connectivity index is 1.80. The largest absolute Gasteiger partial charge is 0.459 e. The van der Waals surface area contributed by atoms with Crippen LogP contribution in [0, 0.1) is 0 Å². The molecule has 0 spiro atoms. The molecule has 0 bridgehead atoms. The summed E-state index contributed by atoms with van der Waals surface area (Å²) in [6.45, 7) is 5.29. The van der Waals surface area contributed by atoms with Gasteiger partial charge in [-0.25, -0.2) is 4.79 Å². The van der Waals surface area contributed by atoms with E-state index in [1.54, 1.807) is 20.8 Å². The van der Waals surface area contributed by atoms with Crippen LogP contribution < -0.4 is 5.32 Å². The first kappa shape index (κ1) is 27.5. The molecule has 2 amide bonds. The number of alkyl carbamates (subject to hydrolysis) is 1. The average Bonchev–Trinajstić information content (AvgIpc) is 2.87. The molecule has 0 aromatic heterocycles. The van der Waals surface area contributed by atoms with Crippen molar-refractivity contribution in [2.75, 3.05) is 6.54 Å². The zero-order valence-corrected chi connectivity index (χ0v) is 21.6. The predicted molar refractivity (Wildman–Crippen MR) is 141 cm³/mol. The first-order chi connectivity index (χ1) is 17.7. The monoisotopic (exact) mass is 502 g/mol. The summed E-state index contributed by atoms with van der Waals surface area (Å²) in [5.41, 5.74) is 1.84. The van der Waals surface area contributed by atoms with Crippen LogP contribution in [0.25, 0.3) is 0 Å². The van der Waals surface area contributed by atoms with E-state index in [0.717, 1.165) is 16.7 Å². The van der Waals surface area contributed by atoms with Crippen molar-refractivity contribution < 1.29 is 23.9 Å². The van der Waals surface area contributed by atoms with E-state index in [4.69, 9.17) is 9.47 Å². The molecule has 0 radical (unpaired) electrons. The van der Waals surface area contributed by atoms with Crippen LogP contribution in [0.5, 0.6) is 0 Å². The molecule has 0 heterocycles. The second-order valence-electron chi connectivity index (χ2n) is 9.71. The van der Waals surface area contributed by atoms with E-state index >= 15 is 0 Å². The number of nitrogens with zero attached hydrogens (tertiary/aromatic N) is 1. The third-order valence-corrected chi connectivity index (χ3v) is 5.36. The summed E-state index contributed by atoms with van der Waals surface area (Å²) in [4.78, 5) is 40.6. The number of ether oxygens (including phenoxy) is 2. The minimum Gasteiger partial charge on any atom is -0.459 e. The van der Waals surface area contributed by atoms with Crippen LogP contribution in [0.1, 0.15) is 37.5 Å². The number of esters is 1. The highest BCUT2D eigenvalue weighted by molar-refractivity contribution is 5.88. The van der Waals surface area contributed by atoms with Crippen molar-refractivity contribution >= 4 is 18.0 Å². The predicted octanol–water partition coefficient (Wildman–Crippen LogP) is 4.89. The maximum atomic E-state index is 13.8. The van der Waals surface area contributed by atoms with Crippen molar-refractivity contribution in [1.29, 1.82) is 0 Å². The Bertz CT molecular complexity index is 1140. The molecular weight excluding hydrogens is 468 g/mol. The second kappa shape index (κ2) is 13.3. The second-order valence-corrected chi connectivity index (χ2v) is 9.71. The first-order valence-electron chi connectivity index (χ1n) is 12.3. The molecule has 1 N–H and O–H groups in total. The van der Waals surface area contributed by atoms with E-state index in [1.165, 1.54) is 4.90 Å². The molecule has 7 nitrogen and oxygen atoms in total. The maximum absolute atomic E-state index is 13.8. The lowest BCUT2D eigenvalue weighted by molar-refractivity contribution is -0.151. The minimum absolute atomic E-state index is 0.108. The van der Waals surface area contributed by atoms with Gasteiger partial charge in [-0.05, 0) is 37.5 Å². The fourth-order valence-electron chi connectivity index (χ4n) is 3.68. The minimum atomic E-state index is -0.942. The Kier molecular flexibility index (Phi) is 9.84. The standard InChI is InChI=1S/C30H34N2O5/c1-30(2,3)37-29(35)31-26(19-23-13-7-4-8-14-23)28(34)32(20-24-15-9-5-10-16-24)21-27(33)36-22-25-17-11-6-12-18-25/h4-18,26H,19-22H2,1-3H3,(H,31,35)/t26-/m1/s1. The van der Waals surface area contributed by atoms with Crippen LogP contribution in [0.4, 0.5) is 4.79 Å². The van der Waals surface area contributed by atoms with E-state index in [9.17, 15) is 14.4 Å². The Morgan fingerprint density at radius 3 is 1.84 bits per heavy atom. The number of nitrogens with one attached hydrogen (secondary N) is 1. The van der Waals surface area contributed by atoms with Gasteiger partial charge in [0.25, 0.3) is 0 Å². The van der Waals surface area contributed by atoms with Gasteiger partial charge < -0.3 is 19.7 Å². The summed E-state index contributed by atoms with van der Waals surface area (Å²) in [6, 6.07) is 27.2. The highest BCUT2D eigenvalue weighted by Crippen LogP contribution is 2.13. The SMILES string of the molecule is CC(C)(C)OC(=O)N[C@H](Cc1ccccc1)C(=O)N(CC(=O)OCc1ccccc1)Cc1ccccc1. The van der Waals surface area contributed by atoms with Crippen molar-refractivity contribution in [2.45, 2.75) is 52.0 Å². The van der Waals surface area contributed by atoms with Crippen LogP contribution in [-0.2, 0) is 38.6 Å². The summed E-state index contributed by atoms with van der Waals surface area (Å²) in [5.74, 6) is -0.945. The summed E-state index contributed by atoms with van der Waals surface area (Å²) in [7, 11) is 0. The molecule has 0 fully saturated rings. The third kappa shape index (κ3) is 9.80. The van der Waals surface area contributed by atoms with Gasteiger partial charge >= 0.3 is 12.1 Å². The highest BCUT2D eigenvalue weighted by Gasteiger charge is 2.30. The molecular formula is C30H34N2O5. The summed E-state index contributed by atoms with van der Waals surface area (Å²) >= 11 is 0. The molecule has 37 heavy (non-hydrogen) atoms. The molecule has 0 aliphatic heterocycles. The lowest BCUT2D eigenvalue weighted by atomic mass is 10.0. The zero-order valence-electron chi connectivity index (χ0n) is 21.6. The Morgan fingerprint density at radius 2 is 1.30 bits per heavy atom. The van der Waals surface area contributed by atoms with Crippen LogP contribution in [0.15, 0.2) is 91.0 Å². The Hall–Kier alpha value is -4.13. The van der Waals surface area contributed by atoms with E-state index in [-0.39, 0.29) is 26.1 Å². The molecule has 194 valence electrons. The summed E-state index contributed by atoms with van der Waals surface area (Å²) in [5, 5.41) is 2.71. The van der Waals surface area contributed by atoms with Crippen molar-refractivity contribution in [2.24, 2.45) is 0 Å². The molecule has 0 saturated carbocycles. The third-order valence-electron chi connectivity index (χ3n) is 5.36. The van der Waals surface area contributed by atoms with Gasteiger partial charge in [0.15, 0.2) is 0 Å². The van der Waals surface area contributed by atoms with E-state index < -0.39 is 29.6 Å². The van der Waals surface area contributed by atoms with Crippen LogP contribution in [-0.4, -0.2) is 41.1 Å². The molecule has 0 unspecified atom stereocenters. The van der Waals surface area contributed by atoms with Gasteiger partial charge in [0.2, 0.25) is 5.91 Å². The van der Waals surface area contributed by atoms with Gasteiger partial charge in [0.05, 0.1) is 0 Å². The molecule has 0 saturated heterocycles. The number of carbonyl (C=O) groups excluding carboxylic acids is 3. The average molecular weight is 503 g/mol. The fraction of sp³-hybridized carbons (Fsp3) is 0.300. The van der Waals surface area contributed by atoms with Crippen molar-refractivity contribution in [3.8, 4) is 0 Å². The number of rotatable bonds is 10. The van der Waals surface area contributed by atoms with Crippen LogP contribution >= 0.6 is 0 Å². The lowest BCUT2D eigenvalue weighted by Crippen LogP contribution is -2.51. The van der Waals surface area contributed by atoms with Crippen molar-refractivity contribution in [3.63, 3.8) is 0 Å². The normalized spacial score (nSPS) is 11.8. The number of amides is 2. The molecule has 0 aliphatic rings. The lowest BCUT2D eigenvalue weighted by Gasteiger charge is -2.28.